The number of aromatic amines is 1. The van der Waals surface area contributed by atoms with Gasteiger partial charge in [-0.05, 0) is 48.9 Å². The Balaban J connectivity index is 1.76. The first-order chi connectivity index (χ1) is 12.7. The number of halogens is 1. The molecule has 3 heterocycles. The van der Waals surface area contributed by atoms with E-state index in [0.717, 1.165) is 46.5 Å². The zero-order chi connectivity index (χ0) is 17.8. The number of fused-ring (bicyclic) bond motifs is 3. The number of methoxy groups -OCH3 is 1. The van der Waals surface area contributed by atoms with E-state index < -0.39 is 0 Å². The summed E-state index contributed by atoms with van der Waals surface area (Å²) >= 11 is 0. The second-order valence-corrected chi connectivity index (χ2v) is 6.78. The van der Waals surface area contributed by atoms with Gasteiger partial charge in [0.05, 0.1) is 13.2 Å². The molecule has 26 heavy (non-hydrogen) atoms. The van der Waals surface area contributed by atoms with Crippen LogP contribution < -0.4 is 14.2 Å². The maximum atomic E-state index is 13.6. The second kappa shape index (κ2) is 5.64. The van der Waals surface area contributed by atoms with E-state index in [9.17, 15) is 4.39 Å². The summed E-state index contributed by atoms with van der Waals surface area (Å²) in [7, 11) is 3.76. The number of hydrogen-bond acceptors (Lipinski definition) is 4. The molecule has 1 aromatic heterocycles. The van der Waals surface area contributed by atoms with Crippen LogP contribution in [-0.2, 0) is 6.42 Å². The van der Waals surface area contributed by atoms with Crippen molar-refractivity contribution in [3.63, 3.8) is 0 Å². The lowest BCUT2D eigenvalue weighted by molar-refractivity contribution is 0.171. The van der Waals surface area contributed by atoms with E-state index in [2.05, 4.69) is 23.0 Å². The molecule has 0 aliphatic carbocycles. The quantitative estimate of drug-likeness (QED) is 0.764. The standard InChI is InChI=1S/C20H19FN2O3/c1-23-6-5-11-7-16-19(26-10-25-16)20(24-2)17(11)18(23)14-9-22-15-8-12(21)3-4-13(14)15/h3-4,7-9,18,22H,5-6,10H2,1-2H3/t18-/m0/s1. The van der Waals surface area contributed by atoms with Gasteiger partial charge < -0.3 is 19.2 Å². The largest absolute Gasteiger partial charge is 0.492 e. The molecule has 2 aliphatic rings. The van der Waals surface area contributed by atoms with E-state index in [4.69, 9.17) is 14.2 Å². The number of rotatable bonds is 2. The normalized spacial score (nSPS) is 19.0. The second-order valence-electron chi connectivity index (χ2n) is 6.78. The van der Waals surface area contributed by atoms with Gasteiger partial charge in [0.1, 0.15) is 5.82 Å². The maximum absolute atomic E-state index is 13.6. The molecule has 0 saturated carbocycles. The molecule has 3 aromatic rings. The van der Waals surface area contributed by atoms with E-state index in [1.165, 1.54) is 17.7 Å². The molecule has 0 bridgehead atoms. The van der Waals surface area contributed by atoms with E-state index in [1.807, 2.05) is 12.3 Å². The number of ether oxygens (including phenoxy) is 3. The van der Waals surface area contributed by atoms with Crippen LogP contribution in [0.3, 0.4) is 0 Å². The third-order valence-electron chi connectivity index (χ3n) is 5.37. The van der Waals surface area contributed by atoms with Crippen LogP contribution in [0, 0.1) is 5.82 Å². The average Bonchev–Trinajstić information content (AvgIpc) is 3.26. The maximum Gasteiger partial charge on any atom is 0.231 e. The summed E-state index contributed by atoms with van der Waals surface area (Å²) in [5.41, 5.74) is 4.18. The summed E-state index contributed by atoms with van der Waals surface area (Å²) in [6, 6.07) is 6.91. The Bertz CT molecular complexity index is 1010. The lowest BCUT2D eigenvalue weighted by atomic mass is 9.87. The Morgan fingerprint density at radius 2 is 2.15 bits per heavy atom. The summed E-state index contributed by atoms with van der Waals surface area (Å²) in [5, 5.41) is 1.01. The first-order valence-electron chi connectivity index (χ1n) is 8.63. The minimum atomic E-state index is -0.246. The van der Waals surface area contributed by atoms with Gasteiger partial charge in [0.2, 0.25) is 12.5 Å². The number of benzene rings is 2. The highest BCUT2D eigenvalue weighted by Crippen LogP contribution is 2.51. The molecule has 1 atom stereocenters. The van der Waals surface area contributed by atoms with Gasteiger partial charge in [-0.2, -0.15) is 0 Å². The van der Waals surface area contributed by atoms with E-state index in [1.54, 1.807) is 7.11 Å². The molecule has 0 unspecified atom stereocenters. The Kier molecular flexibility index (Phi) is 3.37. The Hall–Kier alpha value is -2.73. The van der Waals surface area contributed by atoms with Gasteiger partial charge in [0, 0.05) is 29.2 Å². The molecule has 0 fully saturated rings. The summed E-state index contributed by atoms with van der Waals surface area (Å²) < 4.78 is 30.6. The van der Waals surface area contributed by atoms with Crippen molar-refractivity contribution in [1.29, 1.82) is 0 Å². The van der Waals surface area contributed by atoms with Gasteiger partial charge in [-0.3, -0.25) is 4.90 Å². The van der Waals surface area contributed by atoms with Crippen molar-refractivity contribution in [2.45, 2.75) is 12.5 Å². The van der Waals surface area contributed by atoms with E-state index >= 15 is 0 Å². The van der Waals surface area contributed by atoms with Crippen LogP contribution in [0.25, 0.3) is 10.9 Å². The molecular weight excluding hydrogens is 335 g/mol. The van der Waals surface area contributed by atoms with Gasteiger partial charge in [-0.1, -0.05) is 0 Å². The third kappa shape index (κ3) is 2.12. The highest BCUT2D eigenvalue weighted by atomic mass is 19.1. The number of nitrogens with one attached hydrogen (secondary N) is 1. The molecular formula is C20H19FN2O3. The Morgan fingerprint density at radius 1 is 1.27 bits per heavy atom. The van der Waals surface area contributed by atoms with Crippen LogP contribution in [0.2, 0.25) is 0 Å². The molecule has 2 aliphatic heterocycles. The van der Waals surface area contributed by atoms with Crippen LogP contribution in [0.4, 0.5) is 4.39 Å². The van der Waals surface area contributed by atoms with Crippen molar-refractivity contribution in [1.82, 2.24) is 9.88 Å². The van der Waals surface area contributed by atoms with E-state index in [0.29, 0.717) is 5.75 Å². The molecule has 0 radical (unpaired) electrons. The number of likely N-dealkylation sites (N-methyl/N-ethyl adjacent to an activating group) is 1. The fourth-order valence-electron chi connectivity index (χ4n) is 4.17. The molecule has 134 valence electrons. The number of H-pyrrole nitrogens is 1. The molecule has 2 aromatic carbocycles. The van der Waals surface area contributed by atoms with Gasteiger partial charge in [-0.25, -0.2) is 4.39 Å². The molecule has 5 nitrogen and oxygen atoms in total. The summed E-state index contributed by atoms with van der Waals surface area (Å²) in [6.07, 6.45) is 2.87. The SMILES string of the molecule is COc1c2c(cc3c1[C@H](c1c[nH]c4cc(F)ccc14)N(C)CC3)OCO2. The smallest absolute Gasteiger partial charge is 0.231 e. The Labute approximate surface area is 150 Å². The molecule has 1 N–H and O–H groups in total. The fraction of sp³-hybridized carbons (Fsp3) is 0.300. The molecule has 5 rings (SSSR count). The minimum Gasteiger partial charge on any atom is -0.492 e. The minimum absolute atomic E-state index is 0.0117. The molecule has 0 saturated heterocycles. The van der Waals surface area contributed by atoms with Crippen LogP contribution in [0.15, 0.2) is 30.5 Å². The van der Waals surface area contributed by atoms with E-state index in [-0.39, 0.29) is 18.7 Å². The van der Waals surface area contributed by atoms with Crippen molar-refractivity contribution < 1.29 is 18.6 Å². The van der Waals surface area contributed by atoms with Crippen LogP contribution in [0.1, 0.15) is 22.7 Å². The van der Waals surface area contributed by atoms with Crippen molar-refractivity contribution in [2.24, 2.45) is 0 Å². The molecule has 0 spiro atoms. The number of hydrogen-bond donors (Lipinski definition) is 1. The first kappa shape index (κ1) is 15.5. The summed E-state index contributed by atoms with van der Waals surface area (Å²) in [6.45, 7) is 1.12. The zero-order valence-electron chi connectivity index (χ0n) is 14.6. The predicted octanol–water partition coefficient (Wildman–Crippen LogP) is 3.62. The monoisotopic (exact) mass is 354 g/mol. The van der Waals surface area contributed by atoms with Crippen molar-refractivity contribution in [3.05, 3.63) is 53.0 Å². The summed E-state index contributed by atoms with van der Waals surface area (Å²) in [4.78, 5) is 5.49. The highest BCUT2D eigenvalue weighted by Gasteiger charge is 2.35. The van der Waals surface area contributed by atoms with Crippen molar-refractivity contribution in [2.75, 3.05) is 27.5 Å². The van der Waals surface area contributed by atoms with Gasteiger partial charge in [0.15, 0.2) is 11.5 Å². The van der Waals surface area contributed by atoms with Crippen molar-refractivity contribution in [3.8, 4) is 17.2 Å². The average molecular weight is 354 g/mol. The first-order valence-corrected chi connectivity index (χ1v) is 8.63. The lowest BCUT2D eigenvalue weighted by Gasteiger charge is -2.35. The molecule has 6 heteroatoms. The van der Waals surface area contributed by atoms with Gasteiger partial charge >= 0.3 is 0 Å². The van der Waals surface area contributed by atoms with Gasteiger partial charge in [-0.15, -0.1) is 0 Å². The third-order valence-corrected chi connectivity index (χ3v) is 5.37. The number of nitrogens with zero attached hydrogens (tertiary/aromatic N) is 1. The number of aromatic nitrogens is 1. The van der Waals surface area contributed by atoms with Crippen LogP contribution in [0.5, 0.6) is 17.2 Å². The van der Waals surface area contributed by atoms with Crippen molar-refractivity contribution >= 4 is 10.9 Å². The Morgan fingerprint density at radius 3 is 3.00 bits per heavy atom. The molecule has 0 amide bonds. The fourth-order valence-corrected chi connectivity index (χ4v) is 4.17. The van der Waals surface area contributed by atoms with Gasteiger partial charge in [0.25, 0.3) is 0 Å². The topological polar surface area (TPSA) is 46.7 Å². The predicted molar refractivity (Wildman–Crippen MR) is 95.6 cm³/mol. The highest BCUT2D eigenvalue weighted by molar-refractivity contribution is 5.84. The van der Waals surface area contributed by atoms with Crippen LogP contribution >= 0.6 is 0 Å². The lowest BCUT2D eigenvalue weighted by Crippen LogP contribution is -2.33. The zero-order valence-corrected chi connectivity index (χ0v) is 14.6. The summed E-state index contributed by atoms with van der Waals surface area (Å²) in [5.74, 6) is 1.88. The van der Waals surface area contributed by atoms with Crippen LogP contribution in [-0.4, -0.2) is 37.4 Å².